The fourth-order valence-electron chi connectivity index (χ4n) is 4.44. The maximum Gasteiger partial charge on any atom is 0.261 e. The molecule has 1 amide bonds. The standard InChI is InChI=1S/C26H24N6O2S/c1-15-7-16(24-25-21(28-14-29-24)9-20(31-25)19-11-30-32(2)12-19)3-4-17(15)10-27-26(33)23-8-18-13-34-6-5-22(18)35-23/h3-4,7-9,11-12,14,31H,5-6,10,13H2,1-2H3,(H,27,33). The van der Waals surface area contributed by atoms with Crippen LogP contribution in [0, 0.1) is 6.92 Å². The Morgan fingerprint density at radius 3 is 2.94 bits per heavy atom. The van der Waals surface area contributed by atoms with Gasteiger partial charge in [-0.2, -0.15) is 5.10 Å². The second kappa shape index (κ2) is 8.75. The zero-order valence-electron chi connectivity index (χ0n) is 19.5. The van der Waals surface area contributed by atoms with Crippen LogP contribution in [0.4, 0.5) is 0 Å². The number of ether oxygens (including phenoxy) is 1. The van der Waals surface area contributed by atoms with Crippen molar-refractivity contribution in [3.05, 3.63) is 75.5 Å². The summed E-state index contributed by atoms with van der Waals surface area (Å²) in [6, 6.07) is 10.2. The van der Waals surface area contributed by atoms with Crippen molar-refractivity contribution in [3.63, 3.8) is 0 Å². The summed E-state index contributed by atoms with van der Waals surface area (Å²) in [4.78, 5) is 27.2. The molecule has 1 aliphatic rings. The van der Waals surface area contributed by atoms with Crippen molar-refractivity contribution in [1.29, 1.82) is 0 Å². The highest BCUT2D eigenvalue weighted by Crippen LogP contribution is 2.30. The molecule has 5 heterocycles. The van der Waals surface area contributed by atoms with Gasteiger partial charge >= 0.3 is 0 Å². The third kappa shape index (κ3) is 4.13. The smallest absolute Gasteiger partial charge is 0.261 e. The first-order valence-corrected chi connectivity index (χ1v) is 12.3. The van der Waals surface area contributed by atoms with E-state index in [4.69, 9.17) is 4.74 Å². The van der Waals surface area contributed by atoms with Crippen LogP contribution in [-0.4, -0.2) is 37.2 Å². The zero-order valence-corrected chi connectivity index (χ0v) is 20.3. The molecule has 6 rings (SSSR count). The number of benzene rings is 1. The zero-order chi connectivity index (χ0) is 23.9. The van der Waals surface area contributed by atoms with Gasteiger partial charge in [-0.25, -0.2) is 9.97 Å². The van der Waals surface area contributed by atoms with E-state index >= 15 is 0 Å². The monoisotopic (exact) mass is 484 g/mol. The van der Waals surface area contributed by atoms with Crippen LogP contribution in [-0.2, 0) is 31.4 Å². The normalized spacial score (nSPS) is 13.2. The lowest BCUT2D eigenvalue weighted by atomic mass is 10.0. The number of carbonyl (C=O) groups excluding carboxylic acids is 1. The molecule has 0 saturated carbocycles. The molecule has 0 radical (unpaired) electrons. The van der Waals surface area contributed by atoms with Crippen LogP contribution < -0.4 is 5.32 Å². The molecule has 0 atom stereocenters. The second-order valence-electron chi connectivity index (χ2n) is 8.75. The van der Waals surface area contributed by atoms with Crippen LogP contribution in [0.15, 0.2) is 49.1 Å². The molecule has 0 unspecified atom stereocenters. The average Bonchev–Trinajstić information content (AvgIpc) is 3.60. The molecule has 4 aromatic heterocycles. The number of nitrogens with one attached hydrogen (secondary N) is 2. The summed E-state index contributed by atoms with van der Waals surface area (Å²) >= 11 is 1.57. The molecule has 5 aromatic rings. The van der Waals surface area contributed by atoms with E-state index in [1.165, 1.54) is 4.88 Å². The summed E-state index contributed by atoms with van der Waals surface area (Å²) in [5.41, 5.74) is 8.83. The Morgan fingerprint density at radius 2 is 2.14 bits per heavy atom. The van der Waals surface area contributed by atoms with E-state index in [1.807, 2.05) is 37.6 Å². The molecule has 0 aliphatic carbocycles. The number of aromatic nitrogens is 5. The summed E-state index contributed by atoms with van der Waals surface area (Å²) in [6.07, 6.45) is 6.26. The van der Waals surface area contributed by atoms with Gasteiger partial charge in [0.05, 0.1) is 46.7 Å². The van der Waals surface area contributed by atoms with Crippen molar-refractivity contribution < 1.29 is 9.53 Å². The van der Waals surface area contributed by atoms with Gasteiger partial charge in [0.2, 0.25) is 0 Å². The van der Waals surface area contributed by atoms with Crippen molar-refractivity contribution >= 4 is 28.3 Å². The fourth-order valence-corrected chi connectivity index (χ4v) is 5.50. The van der Waals surface area contributed by atoms with Gasteiger partial charge in [-0.3, -0.25) is 9.48 Å². The van der Waals surface area contributed by atoms with Crippen molar-refractivity contribution in [1.82, 2.24) is 30.0 Å². The van der Waals surface area contributed by atoms with Gasteiger partial charge in [0.25, 0.3) is 5.91 Å². The van der Waals surface area contributed by atoms with Gasteiger partial charge in [0, 0.05) is 42.2 Å². The van der Waals surface area contributed by atoms with Gasteiger partial charge in [-0.15, -0.1) is 11.3 Å². The highest BCUT2D eigenvalue weighted by atomic mass is 32.1. The second-order valence-corrected chi connectivity index (χ2v) is 9.89. The molecule has 0 bridgehead atoms. The Labute approximate surface area is 206 Å². The number of thiophene rings is 1. The van der Waals surface area contributed by atoms with Gasteiger partial charge < -0.3 is 15.0 Å². The van der Waals surface area contributed by atoms with Crippen molar-refractivity contribution in [3.8, 4) is 22.5 Å². The van der Waals surface area contributed by atoms with E-state index in [9.17, 15) is 4.79 Å². The van der Waals surface area contributed by atoms with Gasteiger partial charge in [-0.05, 0) is 41.8 Å². The molecule has 0 fully saturated rings. The lowest BCUT2D eigenvalue weighted by molar-refractivity contribution is 0.0954. The highest BCUT2D eigenvalue weighted by Gasteiger charge is 2.18. The molecule has 8 nitrogen and oxygen atoms in total. The molecule has 0 saturated heterocycles. The van der Waals surface area contributed by atoms with Crippen molar-refractivity contribution in [2.45, 2.75) is 26.5 Å². The number of hydrogen-bond acceptors (Lipinski definition) is 6. The summed E-state index contributed by atoms with van der Waals surface area (Å²) in [6.45, 7) is 3.85. The summed E-state index contributed by atoms with van der Waals surface area (Å²) in [5, 5.41) is 7.33. The molecule has 0 spiro atoms. The first-order valence-electron chi connectivity index (χ1n) is 11.5. The Balaban J connectivity index is 1.22. The number of hydrogen-bond donors (Lipinski definition) is 2. The third-order valence-corrected chi connectivity index (χ3v) is 7.58. The Hall–Kier alpha value is -3.82. The molecular weight excluding hydrogens is 460 g/mol. The minimum Gasteiger partial charge on any atom is -0.376 e. The first kappa shape index (κ1) is 21.7. The molecule has 35 heavy (non-hydrogen) atoms. The molecule has 1 aliphatic heterocycles. The number of rotatable bonds is 5. The Morgan fingerprint density at radius 1 is 1.23 bits per heavy atom. The van der Waals surface area contributed by atoms with Crippen LogP contribution in [0.5, 0.6) is 0 Å². The summed E-state index contributed by atoms with van der Waals surface area (Å²) < 4.78 is 7.27. The number of aromatic amines is 1. The minimum absolute atomic E-state index is 0.0419. The van der Waals surface area contributed by atoms with E-state index in [-0.39, 0.29) is 5.91 Å². The number of carbonyl (C=O) groups is 1. The van der Waals surface area contributed by atoms with E-state index in [0.29, 0.717) is 13.2 Å². The van der Waals surface area contributed by atoms with Gasteiger partial charge in [-0.1, -0.05) is 12.1 Å². The predicted octanol–water partition coefficient (Wildman–Crippen LogP) is 4.40. The minimum atomic E-state index is -0.0419. The van der Waals surface area contributed by atoms with Crippen LogP contribution in [0.2, 0.25) is 0 Å². The number of nitrogens with zero attached hydrogens (tertiary/aromatic N) is 4. The molecule has 176 valence electrons. The largest absolute Gasteiger partial charge is 0.376 e. The number of H-pyrrole nitrogens is 1. The van der Waals surface area contributed by atoms with E-state index < -0.39 is 0 Å². The molecular formula is C26H24N6O2S. The average molecular weight is 485 g/mol. The Kier molecular flexibility index (Phi) is 5.43. The van der Waals surface area contributed by atoms with Gasteiger partial charge in [0.15, 0.2) is 0 Å². The van der Waals surface area contributed by atoms with Crippen molar-refractivity contribution in [2.75, 3.05) is 6.61 Å². The SMILES string of the molecule is Cc1cc(-c2ncnc3cc(-c4cnn(C)c4)[nH]c23)ccc1CNC(=O)c1cc2c(s1)CCOC2. The summed E-state index contributed by atoms with van der Waals surface area (Å²) in [5.74, 6) is -0.0419. The van der Waals surface area contributed by atoms with Crippen LogP contribution in [0.3, 0.4) is 0 Å². The van der Waals surface area contributed by atoms with E-state index in [1.54, 1.807) is 22.3 Å². The predicted molar refractivity (Wildman–Crippen MR) is 135 cm³/mol. The first-order chi connectivity index (χ1) is 17.0. The fraction of sp³-hybridized carbons (Fsp3) is 0.231. The highest BCUT2D eigenvalue weighted by molar-refractivity contribution is 7.14. The summed E-state index contributed by atoms with van der Waals surface area (Å²) in [7, 11) is 1.90. The van der Waals surface area contributed by atoms with Crippen molar-refractivity contribution in [2.24, 2.45) is 7.05 Å². The molecule has 9 heteroatoms. The van der Waals surface area contributed by atoms with E-state index in [2.05, 4.69) is 44.4 Å². The number of fused-ring (bicyclic) bond motifs is 2. The van der Waals surface area contributed by atoms with E-state index in [0.717, 1.165) is 68.1 Å². The number of amides is 1. The molecule has 2 N–H and O–H groups in total. The lowest BCUT2D eigenvalue weighted by Gasteiger charge is -2.10. The third-order valence-electron chi connectivity index (χ3n) is 6.34. The van der Waals surface area contributed by atoms with Crippen LogP contribution in [0.1, 0.15) is 31.2 Å². The maximum absolute atomic E-state index is 12.7. The maximum atomic E-state index is 12.7. The molecule has 1 aromatic carbocycles. The van der Waals surface area contributed by atoms with Crippen LogP contribution in [0.25, 0.3) is 33.5 Å². The van der Waals surface area contributed by atoms with Crippen LogP contribution >= 0.6 is 11.3 Å². The lowest BCUT2D eigenvalue weighted by Crippen LogP contribution is -2.22. The quantitative estimate of drug-likeness (QED) is 0.385. The van der Waals surface area contributed by atoms with Gasteiger partial charge in [0.1, 0.15) is 6.33 Å². The Bertz CT molecular complexity index is 1540. The number of aryl methyl sites for hydroxylation is 2. The topological polar surface area (TPSA) is 97.7 Å².